The highest BCUT2D eigenvalue weighted by Crippen LogP contribution is 2.18. The van der Waals surface area contributed by atoms with Crippen molar-refractivity contribution < 1.29 is 4.39 Å². The van der Waals surface area contributed by atoms with Gasteiger partial charge in [-0.2, -0.15) is 5.10 Å². The first-order chi connectivity index (χ1) is 11.5. The molecular weight excluding hydrogens is 303 g/mol. The van der Waals surface area contributed by atoms with Crippen LogP contribution in [0.4, 0.5) is 4.39 Å². The fourth-order valence-corrected chi connectivity index (χ4v) is 2.72. The molecule has 0 saturated carbocycles. The van der Waals surface area contributed by atoms with Crippen molar-refractivity contribution in [2.75, 3.05) is 0 Å². The fraction of sp³-hybridized carbons (Fsp3) is 0.263. The Morgan fingerprint density at radius 1 is 1.25 bits per heavy atom. The number of aromatic nitrogens is 3. The van der Waals surface area contributed by atoms with Crippen LogP contribution < -0.4 is 5.32 Å². The molecule has 0 amide bonds. The van der Waals surface area contributed by atoms with Crippen LogP contribution >= 0.6 is 0 Å². The van der Waals surface area contributed by atoms with E-state index in [0.29, 0.717) is 6.54 Å². The third-order valence-electron chi connectivity index (χ3n) is 4.22. The summed E-state index contributed by atoms with van der Waals surface area (Å²) in [6.45, 7) is 6.86. The molecule has 0 bridgehead atoms. The maximum Gasteiger partial charge on any atom is 0.125 e. The molecule has 0 saturated heterocycles. The second-order valence-corrected chi connectivity index (χ2v) is 6.00. The van der Waals surface area contributed by atoms with Gasteiger partial charge in [-0.05, 0) is 56.2 Å². The van der Waals surface area contributed by atoms with E-state index in [2.05, 4.69) is 29.2 Å². The minimum Gasteiger partial charge on any atom is -0.306 e. The molecule has 3 aromatic rings. The molecule has 1 aromatic carbocycles. The molecule has 0 fully saturated rings. The molecule has 124 valence electrons. The lowest BCUT2D eigenvalue weighted by Crippen LogP contribution is -2.19. The minimum atomic E-state index is -0.263. The summed E-state index contributed by atoms with van der Waals surface area (Å²) in [7, 11) is 0. The quantitative estimate of drug-likeness (QED) is 0.774. The molecule has 2 aromatic heterocycles. The summed E-state index contributed by atoms with van der Waals surface area (Å²) in [6.07, 6.45) is 5.65. The highest BCUT2D eigenvalue weighted by atomic mass is 19.1. The van der Waals surface area contributed by atoms with Crippen LogP contribution in [0.2, 0.25) is 0 Å². The lowest BCUT2D eigenvalue weighted by molar-refractivity contribution is 0.569. The molecule has 5 heteroatoms. The number of hydrogen-bond donors (Lipinski definition) is 1. The van der Waals surface area contributed by atoms with Gasteiger partial charge in [0, 0.05) is 36.7 Å². The van der Waals surface area contributed by atoms with Gasteiger partial charge in [-0.15, -0.1) is 0 Å². The summed E-state index contributed by atoms with van der Waals surface area (Å²) in [6, 6.07) is 8.64. The number of aryl methyl sites for hydroxylation is 2. The Labute approximate surface area is 141 Å². The summed E-state index contributed by atoms with van der Waals surface area (Å²) in [4.78, 5) is 4.20. The summed E-state index contributed by atoms with van der Waals surface area (Å²) in [5.41, 5.74) is 5.15. The second kappa shape index (κ2) is 6.93. The van der Waals surface area contributed by atoms with Gasteiger partial charge in [-0.25, -0.2) is 9.07 Å². The van der Waals surface area contributed by atoms with Gasteiger partial charge in [-0.3, -0.25) is 4.98 Å². The Bertz CT molecular complexity index is 841. The molecule has 3 rings (SSSR count). The van der Waals surface area contributed by atoms with E-state index in [9.17, 15) is 4.39 Å². The molecule has 0 aliphatic heterocycles. The average Bonchev–Trinajstić information content (AvgIpc) is 2.94. The van der Waals surface area contributed by atoms with Crippen LogP contribution in [0, 0.1) is 19.7 Å². The molecule has 0 aliphatic rings. The van der Waals surface area contributed by atoms with Crippen LogP contribution in [0.15, 0.2) is 48.9 Å². The number of benzene rings is 1. The predicted octanol–water partition coefficient (Wildman–Crippen LogP) is 3.87. The summed E-state index contributed by atoms with van der Waals surface area (Å²) >= 11 is 0. The number of rotatable bonds is 5. The Hall–Kier alpha value is -2.53. The SMILES string of the molecule is Cc1ccncc1C(C)NCc1cn(-c2cccc(F)c2)nc1C. The van der Waals surface area contributed by atoms with Crippen molar-refractivity contribution in [1.29, 1.82) is 0 Å². The topological polar surface area (TPSA) is 42.7 Å². The predicted molar refractivity (Wildman–Crippen MR) is 92.5 cm³/mol. The maximum absolute atomic E-state index is 13.4. The monoisotopic (exact) mass is 324 g/mol. The number of nitrogens with one attached hydrogen (secondary N) is 1. The van der Waals surface area contributed by atoms with Gasteiger partial charge in [0.05, 0.1) is 11.4 Å². The largest absolute Gasteiger partial charge is 0.306 e. The van der Waals surface area contributed by atoms with Crippen molar-refractivity contribution in [3.8, 4) is 5.69 Å². The maximum atomic E-state index is 13.4. The molecule has 1 N–H and O–H groups in total. The zero-order chi connectivity index (χ0) is 17.1. The zero-order valence-electron chi connectivity index (χ0n) is 14.1. The molecule has 0 aliphatic carbocycles. The number of nitrogens with zero attached hydrogens (tertiary/aromatic N) is 3. The number of halogens is 1. The van der Waals surface area contributed by atoms with Crippen LogP contribution in [0.1, 0.15) is 35.3 Å². The molecule has 4 nitrogen and oxygen atoms in total. The second-order valence-electron chi connectivity index (χ2n) is 6.00. The Kier molecular flexibility index (Phi) is 4.71. The average molecular weight is 324 g/mol. The standard InChI is InChI=1S/C19H21FN4/c1-13-7-8-21-11-19(13)15(3)22-10-16-12-24(23-14(16)2)18-6-4-5-17(20)9-18/h4-9,11-12,15,22H,10H2,1-3H3. The van der Waals surface area contributed by atoms with Crippen LogP contribution in [0.5, 0.6) is 0 Å². The van der Waals surface area contributed by atoms with Crippen LogP contribution in [-0.4, -0.2) is 14.8 Å². The van der Waals surface area contributed by atoms with Crippen molar-refractivity contribution in [2.24, 2.45) is 0 Å². The number of hydrogen-bond acceptors (Lipinski definition) is 3. The Morgan fingerprint density at radius 2 is 2.08 bits per heavy atom. The van der Waals surface area contributed by atoms with Crippen LogP contribution in [-0.2, 0) is 6.54 Å². The van der Waals surface area contributed by atoms with E-state index >= 15 is 0 Å². The summed E-state index contributed by atoms with van der Waals surface area (Å²) in [5.74, 6) is -0.263. The number of pyridine rings is 1. The van der Waals surface area contributed by atoms with Gasteiger partial charge < -0.3 is 5.32 Å². The van der Waals surface area contributed by atoms with Gasteiger partial charge in [0.15, 0.2) is 0 Å². The fourth-order valence-electron chi connectivity index (χ4n) is 2.72. The lowest BCUT2D eigenvalue weighted by Gasteiger charge is -2.15. The molecule has 1 atom stereocenters. The molecular formula is C19H21FN4. The van der Waals surface area contributed by atoms with Gasteiger partial charge in [0.1, 0.15) is 5.82 Å². The molecule has 0 radical (unpaired) electrons. The van der Waals surface area contributed by atoms with E-state index in [1.54, 1.807) is 16.9 Å². The van der Waals surface area contributed by atoms with Crippen molar-refractivity contribution >= 4 is 0 Å². The lowest BCUT2D eigenvalue weighted by atomic mass is 10.1. The van der Waals surface area contributed by atoms with Crippen molar-refractivity contribution in [3.05, 3.63) is 77.1 Å². The Balaban J connectivity index is 1.73. The van der Waals surface area contributed by atoms with E-state index < -0.39 is 0 Å². The van der Waals surface area contributed by atoms with Gasteiger partial charge in [0.2, 0.25) is 0 Å². The summed E-state index contributed by atoms with van der Waals surface area (Å²) < 4.78 is 15.1. The van der Waals surface area contributed by atoms with E-state index in [0.717, 1.165) is 16.9 Å². The smallest absolute Gasteiger partial charge is 0.125 e. The highest BCUT2D eigenvalue weighted by molar-refractivity contribution is 5.33. The Morgan fingerprint density at radius 3 is 2.83 bits per heavy atom. The van der Waals surface area contributed by atoms with E-state index in [1.807, 2.05) is 31.5 Å². The van der Waals surface area contributed by atoms with E-state index in [-0.39, 0.29) is 11.9 Å². The molecule has 0 spiro atoms. The molecule has 24 heavy (non-hydrogen) atoms. The highest BCUT2D eigenvalue weighted by Gasteiger charge is 2.11. The zero-order valence-corrected chi connectivity index (χ0v) is 14.1. The van der Waals surface area contributed by atoms with Gasteiger partial charge in [-0.1, -0.05) is 6.07 Å². The van der Waals surface area contributed by atoms with Crippen molar-refractivity contribution in [3.63, 3.8) is 0 Å². The van der Waals surface area contributed by atoms with Gasteiger partial charge in [0.25, 0.3) is 0 Å². The first-order valence-electron chi connectivity index (χ1n) is 7.99. The summed E-state index contributed by atoms with van der Waals surface area (Å²) in [5, 5.41) is 7.99. The van der Waals surface area contributed by atoms with Crippen molar-refractivity contribution in [1.82, 2.24) is 20.1 Å². The van der Waals surface area contributed by atoms with Gasteiger partial charge >= 0.3 is 0 Å². The molecule has 1 unspecified atom stereocenters. The third kappa shape index (κ3) is 3.51. The van der Waals surface area contributed by atoms with E-state index in [4.69, 9.17) is 0 Å². The van der Waals surface area contributed by atoms with Crippen molar-refractivity contribution in [2.45, 2.75) is 33.4 Å². The third-order valence-corrected chi connectivity index (χ3v) is 4.22. The normalized spacial score (nSPS) is 12.3. The minimum absolute atomic E-state index is 0.190. The van der Waals surface area contributed by atoms with Crippen LogP contribution in [0.25, 0.3) is 5.69 Å². The molecule has 2 heterocycles. The van der Waals surface area contributed by atoms with Crippen LogP contribution in [0.3, 0.4) is 0 Å². The first-order valence-corrected chi connectivity index (χ1v) is 7.99. The first kappa shape index (κ1) is 16.3. The van der Waals surface area contributed by atoms with E-state index in [1.165, 1.54) is 23.3 Å².